The van der Waals surface area contributed by atoms with E-state index < -0.39 is 11.7 Å². The van der Waals surface area contributed by atoms with Crippen LogP contribution in [0.1, 0.15) is 24.0 Å². The van der Waals surface area contributed by atoms with Crippen molar-refractivity contribution in [1.29, 1.82) is 0 Å². The van der Waals surface area contributed by atoms with Gasteiger partial charge in [0.05, 0.1) is 5.56 Å². The van der Waals surface area contributed by atoms with E-state index in [0.29, 0.717) is 0 Å². The Kier molecular flexibility index (Phi) is 2.52. The van der Waals surface area contributed by atoms with Crippen molar-refractivity contribution in [3.05, 3.63) is 23.4 Å². The molecule has 1 fully saturated rings. The normalized spacial score (nSPS) is 27.0. The van der Waals surface area contributed by atoms with Crippen molar-refractivity contribution in [2.45, 2.75) is 25.1 Å². The molecule has 0 aromatic carbocycles. The van der Waals surface area contributed by atoms with Gasteiger partial charge in [-0.05, 0) is 6.07 Å². The second kappa shape index (κ2) is 3.85. The van der Waals surface area contributed by atoms with Gasteiger partial charge in [0, 0.05) is 43.4 Å². The van der Waals surface area contributed by atoms with E-state index in [1.165, 1.54) is 6.07 Å². The minimum Gasteiger partial charge on any atom is -0.350 e. The number of halogens is 3. The Hall–Kier alpha value is -1.30. The van der Waals surface area contributed by atoms with Gasteiger partial charge in [-0.1, -0.05) is 6.92 Å². The Balaban J connectivity index is 2.03. The van der Waals surface area contributed by atoms with Crippen LogP contribution in [-0.2, 0) is 6.18 Å². The molecule has 18 heavy (non-hydrogen) atoms. The van der Waals surface area contributed by atoms with E-state index in [4.69, 9.17) is 0 Å². The molecule has 0 unspecified atom stereocenters. The molecule has 0 aliphatic carbocycles. The van der Waals surface area contributed by atoms with Gasteiger partial charge in [-0.2, -0.15) is 13.2 Å². The van der Waals surface area contributed by atoms with Crippen LogP contribution in [0, 0.1) is 0 Å². The number of rotatable bonds is 0. The van der Waals surface area contributed by atoms with Gasteiger partial charge in [0.1, 0.15) is 5.82 Å². The highest BCUT2D eigenvalue weighted by molar-refractivity contribution is 5.58. The summed E-state index contributed by atoms with van der Waals surface area (Å²) in [5.74, 6) is 0.810. The Morgan fingerprint density at radius 1 is 1.44 bits per heavy atom. The molecule has 98 valence electrons. The number of alkyl halides is 3. The number of fused-ring (bicyclic) bond motifs is 3. The number of nitrogens with one attached hydrogen (secondary N) is 1. The molecule has 1 aromatic rings. The van der Waals surface area contributed by atoms with Crippen LogP contribution in [0.4, 0.5) is 19.0 Å². The number of pyridine rings is 1. The lowest BCUT2D eigenvalue weighted by molar-refractivity contribution is -0.137. The average molecular weight is 257 g/mol. The molecule has 3 nitrogen and oxygen atoms in total. The topological polar surface area (TPSA) is 28.2 Å². The molecule has 0 saturated carbocycles. The zero-order valence-electron chi connectivity index (χ0n) is 9.96. The lowest BCUT2D eigenvalue weighted by Gasteiger charge is -2.33. The molecule has 0 bridgehead atoms. The van der Waals surface area contributed by atoms with Crippen LogP contribution in [0.3, 0.4) is 0 Å². The molecule has 2 atom stereocenters. The third-order valence-corrected chi connectivity index (χ3v) is 3.85. The highest BCUT2D eigenvalue weighted by atomic mass is 19.4. The minimum atomic E-state index is -4.32. The second-order valence-electron chi connectivity index (χ2n) is 4.89. The fraction of sp³-hybridized carbons (Fsp3) is 0.583. The van der Waals surface area contributed by atoms with Crippen molar-refractivity contribution >= 4 is 5.82 Å². The standard InChI is InChI=1S/C12H14F3N3/c1-7-9-4-8(12(13,14)15)5-17-11(9)18-3-2-16-6-10(7)18/h4-5,7,10,16H,2-3,6H2,1H3/t7-,10+/m0/s1. The molecule has 1 N–H and O–H groups in total. The number of hydrogen-bond acceptors (Lipinski definition) is 3. The van der Waals surface area contributed by atoms with E-state index >= 15 is 0 Å². The lowest BCUT2D eigenvalue weighted by Crippen LogP contribution is -2.50. The molecule has 0 spiro atoms. The first-order valence-electron chi connectivity index (χ1n) is 6.03. The Morgan fingerprint density at radius 2 is 2.22 bits per heavy atom. The van der Waals surface area contributed by atoms with E-state index in [0.717, 1.165) is 37.2 Å². The van der Waals surface area contributed by atoms with Gasteiger partial charge in [0.25, 0.3) is 0 Å². The number of piperazine rings is 1. The van der Waals surface area contributed by atoms with Crippen molar-refractivity contribution < 1.29 is 13.2 Å². The van der Waals surface area contributed by atoms with Gasteiger partial charge in [0.2, 0.25) is 0 Å². The molecular weight excluding hydrogens is 243 g/mol. The number of nitrogens with zero attached hydrogens (tertiary/aromatic N) is 2. The van der Waals surface area contributed by atoms with Crippen molar-refractivity contribution in [2.75, 3.05) is 24.5 Å². The number of hydrogen-bond donors (Lipinski definition) is 1. The summed E-state index contributed by atoms with van der Waals surface area (Å²) in [5, 5.41) is 3.27. The highest BCUT2D eigenvalue weighted by Crippen LogP contribution is 2.42. The summed E-state index contributed by atoms with van der Waals surface area (Å²) in [6, 6.07) is 1.48. The summed E-state index contributed by atoms with van der Waals surface area (Å²) < 4.78 is 38.1. The van der Waals surface area contributed by atoms with Crippen LogP contribution in [0.15, 0.2) is 12.3 Å². The zero-order valence-corrected chi connectivity index (χ0v) is 9.96. The van der Waals surface area contributed by atoms with Gasteiger partial charge in [-0.3, -0.25) is 0 Å². The first-order valence-corrected chi connectivity index (χ1v) is 6.03. The molecule has 2 aliphatic rings. The van der Waals surface area contributed by atoms with Crippen LogP contribution in [0.2, 0.25) is 0 Å². The van der Waals surface area contributed by atoms with Gasteiger partial charge in [-0.15, -0.1) is 0 Å². The van der Waals surface area contributed by atoms with Crippen molar-refractivity contribution in [1.82, 2.24) is 10.3 Å². The zero-order chi connectivity index (χ0) is 12.9. The van der Waals surface area contributed by atoms with Gasteiger partial charge in [0.15, 0.2) is 0 Å². The molecule has 6 heteroatoms. The Labute approximate surface area is 103 Å². The predicted octanol–water partition coefficient (Wildman–Crippen LogP) is 2.00. The predicted molar refractivity (Wildman–Crippen MR) is 61.7 cm³/mol. The minimum absolute atomic E-state index is 0.0857. The largest absolute Gasteiger partial charge is 0.417 e. The summed E-state index contributed by atoms with van der Waals surface area (Å²) in [5.41, 5.74) is 0.0689. The maximum Gasteiger partial charge on any atom is 0.417 e. The maximum atomic E-state index is 12.7. The van der Waals surface area contributed by atoms with Crippen molar-refractivity contribution in [3.8, 4) is 0 Å². The van der Waals surface area contributed by atoms with Gasteiger partial charge >= 0.3 is 6.18 Å². The Morgan fingerprint density at radius 3 is 2.94 bits per heavy atom. The van der Waals surface area contributed by atoms with Crippen LogP contribution >= 0.6 is 0 Å². The molecule has 3 heterocycles. The van der Waals surface area contributed by atoms with Crippen molar-refractivity contribution in [3.63, 3.8) is 0 Å². The first kappa shape index (κ1) is 11.8. The molecule has 3 rings (SSSR count). The van der Waals surface area contributed by atoms with Crippen LogP contribution in [-0.4, -0.2) is 30.7 Å². The lowest BCUT2D eigenvalue weighted by atomic mass is 9.96. The van der Waals surface area contributed by atoms with Gasteiger partial charge in [-0.25, -0.2) is 4.98 Å². The number of aromatic nitrogens is 1. The quantitative estimate of drug-likeness (QED) is 0.770. The molecular formula is C12H14F3N3. The first-order chi connectivity index (χ1) is 8.48. The SMILES string of the molecule is C[C@H]1c2cc(C(F)(F)F)cnc2N2CCNC[C@H]12. The molecule has 1 aromatic heterocycles. The van der Waals surface area contributed by atoms with E-state index in [2.05, 4.69) is 15.2 Å². The van der Waals surface area contributed by atoms with Gasteiger partial charge < -0.3 is 10.2 Å². The van der Waals surface area contributed by atoms with E-state index in [9.17, 15) is 13.2 Å². The maximum absolute atomic E-state index is 12.7. The summed E-state index contributed by atoms with van der Waals surface area (Å²) in [4.78, 5) is 6.16. The van der Waals surface area contributed by atoms with Crippen LogP contribution in [0.25, 0.3) is 0 Å². The van der Waals surface area contributed by atoms with E-state index in [-0.39, 0.29) is 12.0 Å². The fourth-order valence-corrected chi connectivity index (χ4v) is 2.85. The van der Waals surface area contributed by atoms with Crippen LogP contribution < -0.4 is 10.2 Å². The average Bonchev–Trinajstić information content (AvgIpc) is 2.63. The third-order valence-electron chi connectivity index (χ3n) is 3.85. The second-order valence-corrected chi connectivity index (χ2v) is 4.89. The highest BCUT2D eigenvalue weighted by Gasteiger charge is 2.40. The molecule has 0 amide bonds. The van der Waals surface area contributed by atoms with Crippen molar-refractivity contribution in [2.24, 2.45) is 0 Å². The Bertz CT molecular complexity index is 472. The smallest absolute Gasteiger partial charge is 0.350 e. The summed E-state index contributed by atoms with van der Waals surface area (Å²) in [7, 11) is 0. The fourth-order valence-electron chi connectivity index (χ4n) is 2.85. The summed E-state index contributed by atoms with van der Waals surface area (Å²) in [6.45, 7) is 4.43. The van der Waals surface area contributed by atoms with E-state index in [1.54, 1.807) is 0 Å². The van der Waals surface area contributed by atoms with E-state index in [1.807, 2.05) is 6.92 Å². The summed E-state index contributed by atoms with van der Waals surface area (Å²) >= 11 is 0. The number of anilines is 1. The van der Waals surface area contributed by atoms with Crippen LogP contribution in [0.5, 0.6) is 0 Å². The molecule has 0 radical (unpaired) electrons. The summed E-state index contributed by atoms with van der Waals surface area (Å²) in [6.07, 6.45) is -3.38. The third kappa shape index (κ3) is 1.67. The molecule has 2 aliphatic heterocycles. The molecule has 1 saturated heterocycles. The monoisotopic (exact) mass is 257 g/mol.